The molecule has 6 heteroatoms. The molecule has 2 aliphatic rings. The molecule has 0 radical (unpaired) electrons. The lowest BCUT2D eigenvalue weighted by atomic mass is 10.0. The van der Waals surface area contributed by atoms with Crippen LogP contribution >= 0.6 is 23.2 Å². The lowest BCUT2D eigenvalue weighted by Gasteiger charge is -2.26. The van der Waals surface area contributed by atoms with Crippen molar-refractivity contribution >= 4 is 29.1 Å². The minimum atomic E-state index is -0.228. The molecule has 1 amide bonds. The zero-order valence-electron chi connectivity index (χ0n) is 11.6. The highest BCUT2D eigenvalue weighted by atomic mass is 35.5. The molecule has 1 saturated carbocycles. The van der Waals surface area contributed by atoms with Crippen molar-refractivity contribution in [3.05, 3.63) is 33.8 Å². The summed E-state index contributed by atoms with van der Waals surface area (Å²) in [6.07, 6.45) is 2.10. The Hall–Kier alpha value is -0.810. The van der Waals surface area contributed by atoms with Gasteiger partial charge in [0.25, 0.3) is 0 Å². The van der Waals surface area contributed by atoms with Crippen LogP contribution < -0.4 is 5.73 Å². The summed E-state index contributed by atoms with van der Waals surface area (Å²) < 4.78 is 5.31. The minimum absolute atomic E-state index is 0.0913. The summed E-state index contributed by atoms with van der Waals surface area (Å²) in [5.74, 6) is -0.137. The second-order valence-corrected chi connectivity index (χ2v) is 6.57. The van der Waals surface area contributed by atoms with Crippen molar-refractivity contribution in [1.29, 1.82) is 0 Å². The average molecular weight is 329 g/mol. The fourth-order valence-electron chi connectivity index (χ4n) is 2.65. The van der Waals surface area contributed by atoms with Crippen molar-refractivity contribution in [1.82, 2.24) is 4.90 Å². The molecule has 0 aromatic heterocycles. The van der Waals surface area contributed by atoms with E-state index in [1.54, 1.807) is 6.07 Å². The van der Waals surface area contributed by atoms with Gasteiger partial charge in [-0.2, -0.15) is 0 Å². The van der Waals surface area contributed by atoms with Crippen LogP contribution in [0.5, 0.6) is 0 Å². The van der Waals surface area contributed by atoms with Gasteiger partial charge in [-0.1, -0.05) is 29.3 Å². The van der Waals surface area contributed by atoms with E-state index < -0.39 is 0 Å². The Kier molecular flexibility index (Phi) is 4.41. The van der Waals surface area contributed by atoms with E-state index in [9.17, 15) is 4.79 Å². The van der Waals surface area contributed by atoms with Crippen LogP contribution in [0.4, 0.5) is 0 Å². The number of carbonyl (C=O) groups is 1. The summed E-state index contributed by atoms with van der Waals surface area (Å²) in [4.78, 5) is 14.6. The van der Waals surface area contributed by atoms with Gasteiger partial charge in [-0.3, -0.25) is 4.79 Å². The van der Waals surface area contributed by atoms with Crippen molar-refractivity contribution in [2.45, 2.75) is 31.5 Å². The number of carbonyl (C=O) groups excluding carboxylic acids is 1. The lowest BCUT2D eigenvalue weighted by molar-refractivity contribution is -0.137. The van der Waals surface area contributed by atoms with E-state index >= 15 is 0 Å². The van der Waals surface area contributed by atoms with Gasteiger partial charge >= 0.3 is 0 Å². The first-order valence-corrected chi connectivity index (χ1v) is 7.89. The predicted octanol–water partition coefficient (Wildman–Crippen LogP) is 2.46. The molecular weight excluding hydrogens is 311 g/mol. The van der Waals surface area contributed by atoms with Gasteiger partial charge in [0.1, 0.15) is 0 Å². The number of benzene rings is 1. The smallest absolute Gasteiger partial charge is 0.230 e. The van der Waals surface area contributed by atoms with Crippen molar-refractivity contribution < 1.29 is 9.53 Å². The second kappa shape index (κ2) is 6.13. The van der Waals surface area contributed by atoms with Crippen LogP contribution in [0, 0.1) is 5.92 Å². The molecule has 1 aromatic carbocycles. The van der Waals surface area contributed by atoms with Crippen LogP contribution in [0.3, 0.4) is 0 Å². The highest BCUT2D eigenvalue weighted by molar-refractivity contribution is 6.42. The second-order valence-electron chi connectivity index (χ2n) is 5.75. The first-order chi connectivity index (χ1) is 10.1. The summed E-state index contributed by atoms with van der Waals surface area (Å²) in [6, 6.07) is 5.60. The van der Waals surface area contributed by atoms with Gasteiger partial charge in [0.15, 0.2) is 0 Å². The largest absolute Gasteiger partial charge is 0.379 e. The predicted molar refractivity (Wildman–Crippen MR) is 82.3 cm³/mol. The third-order valence-corrected chi connectivity index (χ3v) is 4.79. The van der Waals surface area contributed by atoms with Gasteiger partial charge < -0.3 is 15.4 Å². The Balaban J connectivity index is 1.75. The molecule has 4 nitrogen and oxygen atoms in total. The van der Waals surface area contributed by atoms with E-state index in [0.29, 0.717) is 35.8 Å². The van der Waals surface area contributed by atoms with E-state index in [0.717, 1.165) is 18.4 Å². The van der Waals surface area contributed by atoms with Crippen LogP contribution in [0.15, 0.2) is 18.2 Å². The van der Waals surface area contributed by atoms with E-state index in [-0.39, 0.29) is 17.9 Å². The molecule has 3 rings (SSSR count). The Morgan fingerprint density at radius 2 is 2.05 bits per heavy atom. The van der Waals surface area contributed by atoms with Crippen molar-refractivity contribution in [2.75, 3.05) is 13.2 Å². The highest BCUT2D eigenvalue weighted by Gasteiger charge is 2.40. The summed E-state index contributed by atoms with van der Waals surface area (Å²) in [5, 5.41) is 1.04. The topological polar surface area (TPSA) is 55.6 Å². The number of halogens is 2. The molecule has 0 spiro atoms. The number of hydrogen-bond donors (Lipinski definition) is 1. The van der Waals surface area contributed by atoms with E-state index in [1.807, 2.05) is 17.0 Å². The molecule has 21 heavy (non-hydrogen) atoms. The van der Waals surface area contributed by atoms with Gasteiger partial charge in [0, 0.05) is 18.6 Å². The van der Waals surface area contributed by atoms with E-state index in [4.69, 9.17) is 33.7 Å². The Bertz CT molecular complexity index is 548. The van der Waals surface area contributed by atoms with Gasteiger partial charge in [-0.15, -0.1) is 0 Å². The first kappa shape index (κ1) is 15.1. The molecule has 1 aliphatic carbocycles. The molecule has 2 atom stereocenters. The molecule has 114 valence electrons. The molecule has 2 unspecified atom stereocenters. The van der Waals surface area contributed by atoms with Crippen LogP contribution in [0.2, 0.25) is 10.0 Å². The van der Waals surface area contributed by atoms with E-state index in [2.05, 4.69) is 0 Å². The molecule has 1 aromatic rings. The molecule has 2 N–H and O–H groups in total. The lowest BCUT2D eigenvalue weighted by Crippen LogP contribution is -2.44. The molecule has 1 saturated heterocycles. The van der Waals surface area contributed by atoms with Crippen LogP contribution in [0.25, 0.3) is 0 Å². The van der Waals surface area contributed by atoms with Gasteiger partial charge in [-0.25, -0.2) is 0 Å². The Labute approximate surface area is 134 Å². The van der Waals surface area contributed by atoms with E-state index in [1.165, 1.54) is 0 Å². The van der Waals surface area contributed by atoms with Crippen LogP contribution in [-0.2, 0) is 16.1 Å². The SMILES string of the molecule is NC1COCC1C(=O)N(Cc1ccc(Cl)c(Cl)c1)C1CC1. The number of ether oxygens (including phenoxy) is 1. The molecule has 1 heterocycles. The standard InChI is InChI=1S/C15H18Cl2N2O2/c16-12-4-1-9(5-13(12)17)6-19(10-2-3-10)15(20)11-7-21-8-14(11)18/h1,4-5,10-11,14H,2-3,6-8,18H2. The van der Waals surface area contributed by atoms with Crippen molar-refractivity contribution in [3.63, 3.8) is 0 Å². The van der Waals surface area contributed by atoms with Crippen molar-refractivity contribution in [3.8, 4) is 0 Å². The van der Waals surface area contributed by atoms with Crippen LogP contribution in [0.1, 0.15) is 18.4 Å². The molecule has 2 fully saturated rings. The third-order valence-electron chi connectivity index (χ3n) is 4.05. The quantitative estimate of drug-likeness (QED) is 0.923. The number of nitrogens with zero attached hydrogens (tertiary/aromatic N) is 1. The van der Waals surface area contributed by atoms with Gasteiger partial charge in [0.05, 0.1) is 29.2 Å². The minimum Gasteiger partial charge on any atom is -0.379 e. The molecule has 0 bridgehead atoms. The highest BCUT2D eigenvalue weighted by Crippen LogP contribution is 2.32. The van der Waals surface area contributed by atoms with Crippen LogP contribution in [-0.4, -0.2) is 36.1 Å². The summed E-state index contributed by atoms with van der Waals surface area (Å²) in [5.41, 5.74) is 6.95. The van der Waals surface area contributed by atoms with Gasteiger partial charge in [0.2, 0.25) is 5.91 Å². The number of rotatable bonds is 4. The van der Waals surface area contributed by atoms with Gasteiger partial charge in [-0.05, 0) is 30.5 Å². The summed E-state index contributed by atoms with van der Waals surface area (Å²) in [6.45, 7) is 1.43. The maximum absolute atomic E-state index is 12.7. The monoisotopic (exact) mass is 328 g/mol. The number of nitrogens with two attached hydrogens (primary N) is 1. The first-order valence-electron chi connectivity index (χ1n) is 7.14. The number of hydrogen-bond acceptors (Lipinski definition) is 3. The average Bonchev–Trinajstić information content (AvgIpc) is 3.21. The fraction of sp³-hybridized carbons (Fsp3) is 0.533. The molecular formula is C15H18Cl2N2O2. The maximum Gasteiger partial charge on any atom is 0.230 e. The zero-order valence-corrected chi connectivity index (χ0v) is 13.1. The third kappa shape index (κ3) is 3.34. The zero-order chi connectivity index (χ0) is 15.0. The summed E-state index contributed by atoms with van der Waals surface area (Å²) in [7, 11) is 0. The van der Waals surface area contributed by atoms with Crippen molar-refractivity contribution in [2.24, 2.45) is 11.7 Å². The normalized spacial score (nSPS) is 25.1. The number of amides is 1. The molecule has 1 aliphatic heterocycles. The Morgan fingerprint density at radius 3 is 2.62 bits per heavy atom. The maximum atomic E-state index is 12.7. The Morgan fingerprint density at radius 1 is 1.29 bits per heavy atom. The fourth-order valence-corrected chi connectivity index (χ4v) is 2.97. The summed E-state index contributed by atoms with van der Waals surface area (Å²) >= 11 is 12.0.